The Hall–Kier alpha value is 0.330. The maximum absolute atomic E-state index is 12.2. The van der Waals surface area contributed by atoms with Crippen LogP contribution in [0.4, 0.5) is 0 Å². The number of hydrogen-bond acceptors (Lipinski definition) is 4. The summed E-state index contributed by atoms with van der Waals surface area (Å²) in [6.07, 6.45) is 16.6. The molecule has 4 heteroatoms. The van der Waals surface area contributed by atoms with E-state index in [1.54, 1.807) is 0 Å². The van der Waals surface area contributed by atoms with Crippen molar-refractivity contribution in [1.29, 1.82) is 0 Å². The minimum absolute atomic E-state index is 0.425. The van der Waals surface area contributed by atoms with E-state index in [9.17, 15) is 4.79 Å². The maximum atomic E-state index is 12.2. The Labute approximate surface area is 198 Å². The predicted octanol–water partition coefficient (Wildman–Crippen LogP) is 8.51. The van der Waals surface area contributed by atoms with Crippen LogP contribution in [0.3, 0.4) is 0 Å². The van der Waals surface area contributed by atoms with Crippen molar-refractivity contribution in [2.24, 2.45) is 34.5 Å². The van der Waals surface area contributed by atoms with Crippen LogP contribution in [-0.4, -0.2) is 16.1 Å². The molecule has 0 aromatic carbocycles. The number of fused-ring (bicyclic) bond motifs is 2. The van der Waals surface area contributed by atoms with Crippen molar-refractivity contribution in [3.8, 4) is 0 Å². The molecule has 0 aliphatic heterocycles. The molecular formula is C26H50O2S2. The van der Waals surface area contributed by atoms with Crippen LogP contribution in [0.2, 0.25) is 0 Å². The molecular weight excluding hydrogens is 408 g/mol. The van der Waals surface area contributed by atoms with Crippen LogP contribution < -0.4 is 0 Å². The number of Topliss-reactive ketones (excluding diaryl/α,β-unsaturated/α-hetero) is 1. The molecule has 0 radical (unpaired) electrons. The van der Waals surface area contributed by atoms with Crippen molar-refractivity contribution in [2.75, 3.05) is 5.75 Å². The number of thiol groups is 2. The van der Waals surface area contributed by atoms with E-state index >= 15 is 0 Å². The molecule has 6 atom stereocenters. The van der Waals surface area contributed by atoms with Crippen LogP contribution in [0.25, 0.3) is 0 Å². The summed E-state index contributed by atoms with van der Waals surface area (Å²) < 4.78 is 6.69. The second-order valence-corrected chi connectivity index (χ2v) is 11.0. The average Bonchev–Trinajstić information content (AvgIpc) is 3.04. The summed E-state index contributed by atoms with van der Waals surface area (Å²) in [5.74, 6) is 4.90. The van der Waals surface area contributed by atoms with Crippen LogP contribution in [0.5, 0.6) is 0 Å². The third kappa shape index (κ3) is 6.91. The van der Waals surface area contributed by atoms with Crippen molar-refractivity contribution in [3.63, 3.8) is 0 Å². The van der Waals surface area contributed by atoms with Gasteiger partial charge in [0.1, 0.15) is 5.78 Å². The molecule has 3 rings (SSSR count). The van der Waals surface area contributed by atoms with E-state index in [1.807, 2.05) is 13.8 Å². The van der Waals surface area contributed by atoms with E-state index in [2.05, 4.69) is 46.3 Å². The van der Waals surface area contributed by atoms with Gasteiger partial charge < -0.3 is 4.55 Å². The molecule has 2 nitrogen and oxygen atoms in total. The highest BCUT2D eigenvalue weighted by Crippen LogP contribution is 2.58. The topological polar surface area (TPSA) is 37.3 Å². The van der Waals surface area contributed by atoms with E-state index in [-0.39, 0.29) is 0 Å². The molecule has 1 N–H and O–H groups in total. The smallest absolute Gasteiger partial charge is 0.133 e. The van der Waals surface area contributed by atoms with Gasteiger partial charge >= 0.3 is 0 Å². The highest BCUT2D eigenvalue weighted by Gasteiger charge is 2.48. The van der Waals surface area contributed by atoms with Gasteiger partial charge in [0, 0.05) is 12.8 Å². The monoisotopic (exact) mass is 458 g/mol. The molecule has 0 bridgehead atoms. The van der Waals surface area contributed by atoms with Crippen LogP contribution in [-0.2, 0) is 4.79 Å². The molecule has 3 saturated carbocycles. The molecule has 178 valence electrons. The lowest BCUT2D eigenvalue weighted by Gasteiger charge is -2.47. The molecule has 3 aliphatic rings. The summed E-state index contributed by atoms with van der Waals surface area (Å²) >= 11 is 6.97. The van der Waals surface area contributed by atoms with Gasteiger partial charge in [0.25, 0.3) is 0 Å². The van der Waals surface area contributed by atoms with Gasteiger partial charge in [-0.2, -0.15) is 12.6 Å². The Morgan fingerprint density at radius 2 is 1.70 bits per heavy atom. The fraction of sp³-hybridized carbons (Fsp3) is 0.962. The highest BCUT2D eigenvalue weighted by atomic mass is 32.1. The zero-order valence-corrected chi connectivity index (χ0v) is 22.2. The normalized spacial score (nSPS) is 38.9. The second kappa shape index (κ2) is 13.8. The molecule has 3 fully saturated rings. The third-order valence-electron chi connectivity index (χ3n) is 9.22. The number of rotatable bonds is 4. The summed E-state index contributed by atoms with van der Waals surface area (Å²) in [4.78, 5) is 12.2. The quantitative estimate of drug-likeness (QED) is 0.224. The summed E-state index contributed by atoms with van der Waals surface area (Å²) in [5.41, 5.74) is 0.980. The number of carbonyl (C=O) groups excluding carboxylic acids is 1. The molecule has 0 aromatic rings. The minimum atomic E-state index is 0.425. The Kier molecular flexibility index (Phi) is 13.0. The van der Waals surface area contributed by atoms with E-state index < -0.39 is 0 Å². The van der Waals surface area contributed by atoms with Gasteiger partial charge in [0.05, 0.1) is 0 Å². The molecule has 6 unspecified atom stereocenters. The fourth-order valence-corrected chi connectivity index (χ4v) is 7.27. The molecule has 0 amide bonds. The molecule has 30 heavy (non-hydrogen) atoms. The Bertz CT molecular complexity index is 497. The second-order valence-electron chi connectivity index (χ2n) is 10.6. The Morgan fingerprint density at radius 3 is 2.37 bits per heavy atom. The Balaban J connectivity index is 0.00000106. The molecule has 3 aliphatic carbocycles. The van der Waals surface area contributed by atoms with Crippen molar-refractivity contribution < 1.29 is 9.35 Å². The standard InChI is InChI=1S/C24H42OS.C2H6.H2OS/c1-18-8-11-22-19(7-4-5-16-26)9-10-20-17-21(25)12-15-23(20,2)13-6-14-24(18,22)3;2*1-2/h18-20,22,26H,4-17H2,1-3H3;1-2H3;1-2H. The number of carbonyl (C=O) groups is 1. The first-order chi connectivity index (χ1) is 14.4. The van der Waals surface area contributed by atoms with Crippen LogP contribution in [0.1, 0.15) is 118 Å². The first-order valence-corrected chi connectivity index (χ1v) is 13.7. The number of ketones is 1. The van der Waals surface area contributed by atoms with Gasteiger partial charge in [-0.05, 0) is 105 Å². The first kappa shape index (κ1) is 28.4. The van der Waals surface area contributed by atoms with Gasteiger partial charge in [0.2, 0.25) is 0 Å². The minimum Gasteiger partial charge on any atom is -0.333 e. The summed E-state index contributed by atoms with van der Waals surface area (Å²) in [7, 11) is 0. The van der Waals surface area contributed by atoms with Crippen molar-refractivity contribution in [1.82, 2.24) is 0 Å². The van der Waals surface area contributed by atoms with Crippen LogP contribution in [0, 0.1) is 34.5 Å². The third-order valence-corrected chi connectivity index (χ3v) is 9.54. The average molecular weight is 459 g/mol. The first-order valence-electron chi connectivity index (χ1n) is 12.7. The molecule has 0 spiro atoms. The molecule has 0 aromatic heterocycles. The lowest BCUT2D eigenvalue weighted by Crippen LogP contribution is -2.38. The van der Waals surface area contributed by atoms with Crippen LogP contribution in [0.15, 0.2) is 0 Å². The Morgan fingerprint density at radius 1 is 1.00 bits per heavy atom. The van der Waals surface area contributed by atoms with Crippen LogP contribution >= 0.6 is 25.5 Å². The molecule has 0 saturated heterocycles. The van der Waals surface area contributed by atoms with Crippen molar-refractivity contribution in [2.45, 2.75) is 118 Å². The highest BCUT2D eigenvalue weighted by molar-refractivity contribution is 7.80. The largest absolute Gasteiger partial charge is 0.333 e. The lowest BCUT2D eigenvalue weighted by molar-refractivity contribution is -0.125. The van der Waals surface area contributed by atoms with Gasteiger partial charge in [-0.25, -0.2) is 0 Å². The van der Waals surface area contributed by atoms with Crippen molar-refractivity contribution >= 4 is 31.3 Å². The molecule has 0 heterocycles. The van der Waals surface area contributed by atoms with Crippen molar-refractivity contribution in [3.05, 3.63) is 0 Å². The fourth-order valence-electron chi connectivity index (χ4n) is 7.05. The van der Waals surface area contributed by atoms with Gasteiger partial charge in [-0.15, -0.1) is 0 Å². The number of unbranched alkanes of at least 4 members (excludes halogenated alkanes) is 1. The van der Waals surface area contributed by atoms with Gasteiger partial charge in [0.15, 0.2) is 0 Å². The summed E-state index contributed by atoms with van der Waals surface area (Å²) in [6, 6.07) is 0. The van der Waals surface area contributed by atoms with Gasteiger partial charge in [-0.3, -0.25) is 4.79 Å². The summed E-state index contributed by atoms with van der Waals surface area (Å²) in [5, 5.41) is 0. The SMILES string of the molecule is CC.CC1CCC2C(CCCCS)CCC3CC(=O)CCC3(C)CCCC12C.OS. The lowest BCUT2D eigenvalue weighted by atomic mass is 9.58. The number of hydrogen-bond donors (Lipinski definition) is 3. The maximum Gasteiger partial charge on any atom is 0.133 e. The zero-order valence-electron chi connectivity index (χ0n) is 20.5. The predicted molar refractivity (Wildman–Crippen MR) is 138 cm³/mol. The van der Waals surface area contributed by atoms with Gasteiger partial charge in [-0.1, -0.05) is 53.9 Å². The van der Waals surface area contributed by atoms with E-state index in [0.717, 1.165) is 42.8 Å². The van der Waals surface area contributed by atoms with E-state index in [0.29, 0.717) is 22.5 Å². The summed E-state index contributed by atoms with van der Waals surface area (Å²) in [6.45, 7) is 11.7. The zero-order chi connectivity index (χ0) is 22.8. The van der Waals surface area contributed by atoms with E-state index in [4.69, 9.17) is 4.55 Å². The van der Waals surface area contributed by atoms with E-state index in [1.165, 1.54) is 64.2 Å².